The van der Waals surface area contributed by atoms with E-state index in [1.807, 2.05) is 0 Å². The van der Waals surface area contributed by atoms with Crippen LogP contribution in [0.5, 0.6) is 11.5 Å². The average molecular weight is 402 g/mol. The molecular weight excluding hydrogens is 385 g/mol. The molecule has 0 aliphatic heterocycles. The quantitative estimate of drug-likeness (QED) is 0.590. The molecule has 0 bridgehead atoms. The second-order valence-electron chi connectivity index (χ2n) is 6.21. The van der Waals surface area contributed by atoms with Crippen molar-refractivity contribution in [1.82, 2.24) is 0 Å². The number of carboxylic acids is 1. The van der Waals surface area contributed by atoms with E-state index >= 15 is 0 Å². The van der Waals surface area contributed by atoms with Gasteiger partial charge in [-0.3, -0.25) is 0 Å². The Kier molecular flexibility index (Phi) is 5.50. The summed E-state index contributed by atoms with van der Waals surface area (Å²) in [6.07, 6.45) is -4.64. The monoisotopic (exact) mass is 402 g/mol. The maximum Gasteiger partial charge on any atom is 0.416 e. The zero-order valence-electron chi connectivity index (χ0n) is 15.6. The van der Waals surface area contributed by atoms with Gasteiger partial charge in [-0.05, 0) is 58.7 Å². The molecule has 3 aromatic rings. The molecule has 0 aromatic heterocycles. The maximum atomic E-state index is 13.6. The van der Waals surface area contributed by atoms with Gasteiger partial charge in [-0.25, -0.2) is 4.79 Å². The fourth-order valence-corrected chi connectivity index (χ4v) is 3.03. The molecule has 1 N–H and O–H groups in total. The Morgan fingerprint density at radius 1 is 0.793 bits per heavy atom. The molecule has 7 heteroatoms. The van der Waals surface area contributed by atoms with Gasteiger partial charge in [0.25, 0.3) is 0 Å². The number of methoxy groups -OCH3 is 2. The molecule has 3 rings (SSSR count). The normalized spacial score (nSPS) is 11.2. The molecule has 29 heavy (non-hydrogen) atoms. The summed E-state index contributed by atoms with van der Waals surface area (Å²) in [7, 11) is 2.92. The smallest absolute Gasteiger partial charge is 0.416 e. The molecule has 0 saturated heterocycles. The summed E-state index contributed by atoms with van der Waals surface area (Å²) in [5.74, 6) is -0.309. The third-order valence-electron chi connectivity index (χ3n) is 4.48. The minimum absolute atomic E-state index is 0.0270. The number of hydrogen-bond donors (Lipinski definition) is 1. The first-order valence-corrected chi connectivity index (χ1v) is 8.52. The molecule has 0 radical (unpaired) electrons. The van der Waals surface area contributed by atoms with Gasteiger partial charge in [0.15, 0.2) is 0 Å². The van der Waals surface area contributed by atoms with Gasteiger partial charge >= 0.3 is 12.1 Å². The zero-order chi connectivity index (χ0) is 21.2. The first-order chi connectivity index (χ1) is 13.7. The van der Waals surface area contributed by atoms with Crippen LogP contribution in [0.1, 0.15) is 15.9 Å². The average Bonchev–Trinajstić information content (AvgIpc) is 2.72. The van der Waals surface area contributed by atoms with E-state index in [-0.39, 0.29) is 16.7 Å². The summed E-state index contributed by atoms with van der Waals surface area (Å²) in [6.45, 7) is 0. The molecule has 0 spiro atoms. The Morgan fingerprint density at radius 3 is 1.45 bits per heavy atom. The van der Waals surface area contributed by atoms with Crippen molar-refractivity contribution in [2.24, 2.45) is 0 Å². The minimum atomic E-state index is -4.64. The van der Waals surface area contributed by atoms with Crippen molar-refractivity contribution in [3.63, 3.8) is 0 Å². The molecule has 3 aromatic carbocycles. The molecule has 0 aliphatic rings. The number of carbonyl (C=O) groups is 1. The van der Waals surface area contributed by atoms with Crippen molar-refractivity contribution in [2.75, 3.05) is 14.2 Å². The van der Waals surface area contributed by atoms with E-state index in [9.17, 15) is 23.1 Å². The standard InChI is InChI=1S/C22H17F3O4/c1-28-16-7-3-13(4-8-16)18-11-15(22(23,24)25)12-19(20(18)21(26)27)14-5-9-17(29-2)10-6-14/h3-12H,1-2H3,(H,26,27). The number of ether oxygens (including phenoxy) is 2. The highest BCUT2D eigenvalue weighted by atomic mass is 19.4. The molecule has 0 aliphatic carbocycles. The van der Waals surface area contributed by atoms with Crippen LogP contribution in [-0.2, 0) is 6.18 Å². The Bertz CT molecular complexity index is 955. The molecule has 0 atom stereocenters. The lowest BCUT2D eigenvalue weighted by Crippen LogP contribution is -2.10. The highest BCUT2D eigenvalue weighted by Crippen LogP contribution is 2.40. The van der Waals surface area contributed by atoms with Crippen molar-refractivity contribution in [3.05, 3.63) is 71.8 Å². The van der Waals surface area contributed by atoms with Crippen LogP contribution in [0.3, 0.4) is 0 Å². The van der Waals surface area contributed by atoms with Crippen molar-refractivity contribution in [1.29, 1.82) is 0 Å². The first kappa shape index (κ1) is 20.3. The SMILES string of the molecule is COc1ccc(-c2cc(C(F)(F)F)cc(-c3ccc(OC)cc3)c2C(=O)O)cc1. The molecule has 150 valence electrons. The van der Waals surface area contributed by atoms with E-state index in [0.29, 0.717) is 22.6 Å². The van der Waals surface area contributed by atoms with Crippen LogP contribution in [0.4, 0.5) is 13.2 Å². The number of rotatable bonds is 5. The van der Waals surface area contributed by atoms with Crippen molar-refractivity contribution in [2.45, 2.75) is 6.18 Å². The van der Waals surface area contributed by atoms with E-state index in [2.05, 4.69) is 0 Å². The van der Waals surface area contributed by atoms with E-state index in [1.54, 1.807) is 24.3 Å². The number of halogens is 3. The second-order valence-corrected chi connectivity index (χ2v) is 6.21. The minimum Gasteiger partial charge on any atom is -0.497 e. The largest absolute Gasteiger partial charge is 0.497 e. The zero-order valence-corrected chi connectivity index (χ0v) is 15.6. The summed E-state index contributed by atoms with van der Waals surface area (Å²) in [4.78, 5) is 12.1. The number of hydrogen-bond acceptors (Lipinski definition) is 3. The highest BCUT2D eigenvalue weighted by molar-refractivity contribution is 6.03. The van der Waals surface area contributed by atoms with Crippen molar-refractivity contribution >= 4 is 5.97 Å². The Balaban J connectivity index is 2.31. The lowest BCUT2D eigenvalue weighted by Gasteiger charge is -2.17. The number of alkyl halides is 3. The number of benzene rings is 3. The maximum absolute atomic E-state index is 13.6. The Morgan fingerprint density at radius 2 is 1.17 bits per heavy atom. The third-order valence-corrected chi connectivity index (χ3v) is 4.48. The molecule has 4 nitrogen and oxygen atoms in total. The van der Waals surface area contributed by atoms with Crippen LogP contribution >= 0.6 is 0 Å². The number of aromatic carboxylic acids is 1. The second kappa shape index (κ2) is 7.87. The van der Waals surface area contributed by atoms with Gasteiger partial charge in [0, 0.05) is 0 Å². The first-order valence-electron chi connectivity index (χ1n) is 8.52. The van der Waals surface area contributed by atoms with Gasteiger partial charge in [-0.1, -0.05) is 24.3 Å². The fraction of sp³-hybridized carbons (Fsp3) is 0.136. The van der Waals surface area contributed by atoms with E-state index in [1.165, 1.54) is 38.5 Å². The Labute approximate surface area is 165 Å². The van der Waals surface area contributed by atoms with E-state index in [4.69, 9.17) is 9.47 Å². The lowest BCUT2D eigenvalue weighted by molar-refractivity contribution is -0.137. The van der Waals surface area contributed by atoms with Crippen LogP contribution in [0.15, 0.2) is 60.7 Å². The predicted octanol–water partition coefficient (Wildman–Crippen LogP) is 5.75. The summed E-state index contributed by atoms with van der Waals surface area (Å²) >= 11 is 0. The van der Waals surface area contributed by atoms with Gasteiger partial charge < -0.3 is 14.6 Å². The highest BCUT2D eigenvalue weighted by Gasteiger charge is 2.33. The molecule has 0 fully saturated rings. The van der Waals surface area contributed by atoms with Crippen molar-refractivity contribution in [3.8, 4) is 33.8 Å². The summed E-state index contributed by atoms with van der Waals surface area (Å²) in [5, 5.41) is 9.83. The van der Waals surface area contributed by atoms with Crippen LogP contribution in [0, 0.1) is 0 Å². The van der Waals surface area contributed by atoms with Gasteiger partial charge in [0.2, 0.25) is 0 Å². The fourth-order valence-electron chi connectivity index (χ4n) is 3.03. The van der Waals surface area contributed by atoms with Gasteiger partial charge in [0.05, 0.1) is 25.3 Å². The summed E-state index contributed by atoms with van der Waals surface area (Å²) in [5.41, 5.74) is -0.526. The molecule has 0 amide bonds. The molecule has 0 unspecified atom stereocenters. The van der Waals surface area contributed by atoms with E-state index in [0.717, 1.165) is 12.1 Å². The van der Waals surface area contributed by atoms with E-state index < -0.39 is 17.7 Å². The molecular formula is C22H17F3O4. The van der Waals surface area contributed by atoms with Crippen LogP contribution in [0.2, 0.25) is 0 Å². The Hall–Kier alpha value is -3.48. The van der Waals surface area contributed by atoms with Crippen molar-refractivity contribution < 1.29 is 32.5 Å². The number of carboxylic acid groups (broad SMARTS) is 1. The van der Waals surface area contributed by atoms with Gasteiger partial charge in [0.1, 0.15) is 11.5 Å². The van der Waals surface area contributed by atoms with Crippen LogP contribution < -0.4 is 9.47 Å². The topological polar surface area (TPSA) is 55.8 Å². The molecule has 0 heterocycles. The third kappa shape index (κ3) is 4.18. The van der Waals surface area contributed by atoms with Crippen LogP contribution in [-0.4, -0.2) is 25.3 Å². The van der Waals surface area contributed by atoms with Gasteiger partial charge in [-0.2, -0.15) is 13.2 Å². The lowest BCUT2D eigenvalue weighted by atomic mass is 9.89. The molecule has 0 saturated carbocycles. The summed E-state index contributed by atoms with van der Waals surface area (Å²) in [6, 6.07) is 14.1. The predicted molar refractivity (Wildman–Crippen MR) is 102 cm³/mol. The summed E-state index contributed by atoms with van der Waals surface area (Å²) < 4.78 is 50.8. The van der Waals surface area contributed by atoms with Gasteiger partial charge in [-0.15, -0.1) is 0 Å². The van der Waals surface area contributed by atoms with Crippen LogP contribution in [0.25, 0.3) is 22.3 Å².